The molecule has 2 atom stereocenters. The normalized spacial score (nSPS) is 24.2. The fourth-order valence-corrected chi connectivity index (χ4v) is 2.20. The number of ether oxygens (including phenoxy) is 1. The molecule has 1 aromatic heterocycles. The average molecular weight is 238 g/mol. The molecule has 1 aromatic rings. The first-order chi connectivity index (χ1) is 8.26. The van der Waals surface area contributed by atoms with Crippen molar-refractivity contribution in [1.82, 2.24) is 14.7 Å². The van der Waals surface area contributed by atoms with E-state index in [-0.39, 0.29) is 18.1 Å². The number of aromatic nitrogens is 2. The molecule has 17 heavy (non-hydrogen) atoms. The molecule has 6 heteroatoms. The van der Waals surface area contributed by atoms with E-state index in [0.717, 1.165) is 0 Å². The van der Waals surface area contributed by atoms with Crippen LogP contribution >= 0.6 is 0 Å². The lowest BCUT2D eigenvalue weighted by Gasteiger charge is -2.16. The van der Waals surface area contributed by atoms with Gasteiger partial charge >= 0.3 is 0 Å². The second-order valence-electron chi connectivity index (χ2n) is 4.16. The van der Waals surface area contributed by atoms with Gasteiger partial charge in [0.15, 0.2) is 0 Å². The fraction of sp³-hybridized carbons (Fsp3) is 0.636. The SMILES string of the molecule is CO[C@H]1CN(C(=O)CCN)C[C@@H]1n1cccn1. The lowest BCUT2D eigenvalue weighted by molar-refractivity contribution is -0.130. The third-order valence-corrected chi connectivity index (χ3v) is 3.12. The van der Waals surface area contributed by atoms with Gasteiger partial charge in [0.25, 0.3) is 0 Å². The van der Waals surface area contributed by atoms with Crippen molar-refractivity contribution < 1.29 is 9.53 Å². The van der Waals surface area contributed by atoms with Crippen molar-refractivity contribution in [1.29, 1.82) is 0 Å². The molecular weight excluding hydrogens is 220 g/mol. The van der Waals surface area contributed by atoms with Gasteiger partial charge in [-0.05, 0) is 6.07 Å². The summed E-state index contributed by atoms with van der Waals surface area (Å²) >= 11 is 0. The third-order valence-electron chi connectivity index (χ3n) is 3.12. The molecule has 0 bridgehead atoms. The van der Waals surface area contributed by atoms with Gasteiger partial charge in [0, 0.05) is 45.6 Å². The van der Waals surface area contributed by atoms with Crippen LogP contribution in [0.15, 0.2) is 18.5 Å². The zero-order valence-corrected chi connectivity index (χ0v) is 9.95. The van der Waals surface area contributed by atoms with Gasteiger partial charge in [-0.15, -0.1) is 0 Å². The summed E-state index contributed by atoms with van der Waals surface area (Å²) in [6.07, 6.45) is 4.02. The Kier molecular flexibility index (Phi) is 3.75. The molecule has 1 amide bonds. The molecule has 0 aliphatic carbocycles. The predicted octanol–water partition coefficient (Wildman–Crippen LogP) is -0.370. The summed E-state index contributed by atoms with van der Waals surface area (Å²) in [5.74, 6) is 0.0872. The quantitative estimate of drug-likeness (QED) is 0.776. The van der Waals surface area contributed by atoms with Gasteiger partial charge in [-0.3, -0.25) is 9.48 Å². The van der Waals surface area contributed by atoms with Crippen molar-refractivity contribution in [2.24, 2.45) is 5.73 Å². The Labute approximate surface area is 100 Å². The van der Waals surface area contributed by atoms with Crippen LogP contribution in [0.2, 0.25) is 0 Å². The van der Waals surface area contributed by atoms with E-state index >= 15 is 0 Å². The molecule has 0 aromatic carbocycles. The molecule has 2 rings (SSSR count). The van der Waals surface area contributed by atoms with E-state index in [1.165, 1.54) is 0 Å². The van der Waals surface area contributed by atoms with Gasteiger partial charge in [-0.1, -0.05) is 0 Å². The van der Waals surface area contributed by atoms with Crippen molar-refractivity contribution in [3.63, 3.8) is 0 Å². The van der Waals surface area contributed by atoms with Crippen LogP contribution in [0, 0.1) is 0 Å². The van der Waals surface area contributed by atoms with E-state index in [2.05, 4.69) is 5.10 Å². The standard InChI is InChI=1S/C11H18N4O2/c1-17-10-8-14(11(16)3-4-12)7-9(10)15-6-2-5-13-15/h2,5-6,9-10H,3-4,7-8,12H2,1H3/t9-,10-/m0/s1. The lowest BCUT2D eigenvalue weighted by atomic mass is 10.2. The first-order valence-corrected chi connectivity index (χ1v) is 5.76. The van der Waals surface area contributed by atoms with Gasteiger partial charge in [0.2, 0.25) is 5.91 Å². The van der Waals surface area contributed by atoms with Gasteiger partial charge in [-0.25, -0.2) is 0 Å². The van der Waals surface area contributed by atoms with Crippen molar-refractivity contribution in [3.8, 4) is 0 Å². The van der Waals surface area contributed by atoms with Crippen LogP contribution < -0.4 is 5.73 Å². The molecule has 0 saturated carbocycles. The number of hydrogen-bond acceptors (Lipinski definition) is 4. The number of methoxy groups -OCH3 is 1. The van der Waals surface area contributed by atoms with Gasteiger partial charge < -0.3 is 15.4 Å². The number of carbonyl (C=O) groups excluding carboxylic acids is 1. The Morgan fingerprint density at radius 1 is 1.59 bits per heavy atom. The van der Waals surface area contributed by atoms with Gasteiger partial charge in [0.05, 0.1) is 12.1 Å². The second-order valence-corrected chi connectivity index (χ2v) is 4.16. The summed E-state index contributed by atoms with van der Waals surface area (Å²) in [7, 11) is 1.66. The molecular formula is C11H18N4O2. The maximum Gasteiger partial charge on any atom is 0.224 e. The van der Waals surface area contributed by atoms with Crippen LogP contribution in [0.4, 0.5) is 0 Å². The Balaban J connectivity index is 2.06. The predicted molar refractivity (Wildman–Crippen MR) is 62.3 cm³/mol. The monoisotopic (exact) mass is 238 g/mol. The summed E-state index contributed by atoms with van der Waals surface area (Å²) in [6.45, 7) is 1.64. The zero-order valence-electron chi connectivity index (χ0n) is 9.95. The Morgan fingerprint density at radius 2 is 2.41 bits per heavy atom. The third kappa shape index (κ3) is 2.48. The smallest absolute Gasteiger partial charge is 0.224 e. The number of nitrogens with zero attached hydrogens (tertiary/aromatic N) is 3. The van der Waals surface area contributed by atoms with E-state index in [1.807, 2.05) is 16.9 Å². The number of nitrogens with two attached hydrogens (primary N) is 1. The number of hydrogen-bond donors (Lipinski definition) is 1. The lowest BCUT2D eigenvalue weighted by Crippen LogP contribution is -2.31. The second kappa shape index (κ2) is 5.29. The van der Waals surface area contributed by atoms with Crippen LogP contribution in [0.1, 0.15) is 12.5 Å². The van der Waals surface area contributed by atoms with E-state index in [1.54, 1.807) is 18.2 Å². The molecule has 0 unspecified atom stereocenters. The summed E-state index contributed by atoms with van der Waals surface area (Å²) in [5, 5.41) is 4.21. The van der Waals surface area contributed by atoms with E-state index in [9.17, 15) is 4.79 Å². The Hall–Kier alpha value is -1.40. The minimum Gasteiger partial charge on any atom is -0.377 e. The summed E-state index contributed by atoms with van der Waals surface area (Å²) < 4.78 is 7.27. The summed E-state index contributed by atoms with van der Waals surface area (Å²) in [6, 6.07) is 1.97. The van der Waals surface area contributed by atoms with Crippen molar-refractivity contribution in [2.45, 2.75) is 18.6 Å². The Bertz CT molecular complexity index is 366. The van der Waals surface area contributed by atoms with Crippen molar-refractivity contribution in [2.75, 3.05) is 26.7 Å². The molecule has 0 radical (unpaired) electrons. The van der Waals surface area contributed by atoms with Crippen LogP contribution in [-0.2, 0) is 9.53 Å². The van der Waals surface area contributed by atoms with Crippen LogP contribution in [0.3, 0.4) is 0 Å². The number of carbonyl (C=O) groups is 1. The maximum absolute atomic E-state index is 11.8. The maximum atomic E-state index is 11.8. The number of likely N-dealkylation sites (tertiary alicyclic amines) is 1. The minimum atomic E-state index is -0.00313. The molecule has 1 aliphatic rings. The largest absolute Gasteiger partial charge is 0.377 e. The van der Waals surface area contributed by atoms with Crippen molar-refractivity contribution >= 4 is 5.91 Å². The van der Waals surface area contributed by atoms with Crippen LogP contribution in [-0.4, -0.2) is 53.4 Å². The number of amides is 1. The van der Waals surface area contributed by atoms with E-state index in [0.29, 0.717) is 26.1 Å². The molecule has 94 valence electrons. The van der Waals surface area contributed by atoms with Crippen molar-refractivity contribution in [3.05, 3.63) is 18.5 Å². The van der Waals surface area contributed by atoms with E-state index < -0.39 is 0 Å². The highest BCUT2D eigenvalue weighted by atomic mass is 16.5. The highest BCUT2D eigenvalue weighted by Gasteiger charge is 2.36. The number of rotatable bonds is 4. The highest BCUT2D eigenvalue weighted by molar-refractivity contribution is 5.76. The van der Waals surface area contributed by atoms with Gasteiger partial charge in [-0.2, -0.15) is 5.10 Å². The van der Waals surface area contributed by atoms with Crippen LogP contribution in [0.25, 0.3) is 0 Å². The average Bonchev–Trinajstić information content (AvgIpc) is 2.97. The fourth-order valence-electron chi connectivity index (χ4n) is 2.20. The molecule has 6 nitrogen and oxygen atoms in total. The first kappa shape index (κ1) is 12.1. The molecule has 1 aliphatic heterocycles. The van der Waals surface area contributed by atoms with Crippen LogP contribution in [0.5, 0.6) is 0 Å². The summed E-state index contributed by atoms with van der Waals surface area (Å²) in [5.41, 5.74) is 5.40. The minimum absolute atomic E-state index is 0.00313. The van der Waals surface area contributed by atoms with E-state index in [4.69, 9.17) is 10.5 Å². The molecule has 0 spiro atoms. The zero-order chi connectivity index (χ0) is 12.3. The topological polar surface area (TPSA) is 73.4 Å². The molecule has 2 N–H and O–H groups in total. The van der Waals surface area contributed by atoms with Gasteiger partial charge in [0.1, 0.15) is 0 Å². The first-order valence-electron chi connectivity index (χ1n) is 5.76. The molecule has 2 heterocycles. The molecule has 1 saturated heterocycles. The highest BCUT2D eigenvalue weighted by Crippen LogP contribution is 2.24. The Morgan fingerprint density at radius 3 is 3.00 bits per heavy atom. The molecule has 1 fully saturated rings. The summed E-state index contributed by atoms with van der Waals surface area (Å²) in [4.78, 5) is 13.6.